The maximum absolute atomic E-state index is 14.6. The van der Waals surface area contributed by atoms with Crippen LogP contribution in [0, 0.1) is 40.6 Å². The Labute approximate surface area is 266 Å². The van der Waals surface area contributed by atoms with E-state index in [4.69, 9.17) is 23.2 Å². The molecule has 1 saturated heterocycles. The number of nitrogens with zero attached hydrogens (tertiary/aromatic N) is 6. The van der Waals surface area contributed by atoms with Gasteiger partial charge in [0.2, 0.25) is 11.7 Å². The third kappa shape index (κ3) is 5.23. The van der Waals surface area contributed by atoms with Crippen molar-refractivity contribution in [1.29, 1.82) is 5.26 Å². The van der Waals surface area contributed by atoms with Crippen LogP contribution in [0.15, 0.2) is 40.8 Å². The molecule has 2 aliphatic rings. The molecule has 0 aliphatic carbocycles. The van der Waals surface area contributed by atoms with Crippen molar-refractivity contribution in [3.8, 4) is 23.1 Å². The van der Waals surface area contributed by atoms with Gasteiger partial charge < -0.3 is 14.9 Å². The Balaban J connectivity index is 1.88. The van der Waals surface area contributed by atoms with E-state index < -0.39 is 51.1 Å². The topological polar surface area (TPSA) is 115 Å². The normalized spacial score (nSPS) is 18.4. The van der Waals surface area contributed by atoms with E-state index in [2.05, 4.69) is 16.6 Å². The number of aliphatic imine (C=N–C) groups is 1. The summed E-state index contributed by atoms with van der Waals surface area (Å²) in [4.78, 5) is 39.0. The highest BCUT2D eigenvalue weighted by Gasteiger charge is 2.35. The number of benzene rings is 1. The van der Waals surface area contributed by atoms with Gasteiger partial charge in [-0.2, -0.15) is 9.65 Å². The number of aromatic nitrogens is 2. The number of amides is 1. The zero-order valence-electron chi connectivity index (χ0n) is 24.4. The number of carbonyl (C=O) groups excluding carboxylic acids is 1. The lowest BCUT2D eigenvalue weighted by Gasteiger charge is -2.37. The van der Waals surface area contributed by atoms with Gasteiger partial charge in [0.05, 0.1) is 33.0 Å². The fraction of sp³-hybridized carbons (Fsp3) is 0.323. The fourth-order valence-corrected chi connectivity index (χ4v) is 6.35. The first-order valence-electron chi connectivity index (χ1n) is 14.0. The Morgan fingerprint density at radius 1 is 1.18 bits per heavy atom. The molecular formula is C31H27Cl2F3N6O3. The van der Waals surface area contributed by atoms with Crippen LogP contribution in [-0.2, 0) is 4.79 Å². The van der Waals surface area contributed by atoms with E-state index >= 15 is 0 Å². The van der Waals surface area contributed by atoms with Gasteiger partial charge in [0, 0.05) is 49.4 Å². The molecule has 45 heavy (non-hydrogen) atoms. The summed E-state index contributed by atoms with van der Waals surface area (Å²) in [6.45, 7) is 10.2. The first kappa shape index (κ1) is 32.1. The molecule has 3 aromatic rings. The Morgan fingerprint density at radius 3 is 2.44 bits per heavy atom. The van der Waals surface area contributed by atoms with Crippen molar-refractivity contribution in [1.82, 2.24) is 14.5 Å². The summed E-state index contributed by atoms with van der Waals surface area (Å²) in [5.41, 5.74) is -1.28. The van der Waals surface area contributed by atoms with Crippen molar-refractivity contribution >= 4 is 51.5 Å². The molecule has 0 saturated carbocycles. The van der Waals surface area contributed by atoms with Crippen molar-refractivity contribution in [2.75, 3.05) is 31.1 Å². The van der Waals surface area contributed by atoms with Gasteiger partial charge in [-0.05, 0) is 18.1 Å². The van der Waals surface area contributed by atoms with Gasteiger partial charge >= 0.3 is 0 Å². The van der Waals surface area contributed by atoms with Gasteiger partial charge in [0.15, 0.2) is 17.4 Å². The Hall–Kier alpha value is -4.34. The molecular weight excluding hydrogens is 632 g/mol. The van der Waals surface area contributed by atoms with E-state index in [-0.39, 0.29) is 71.2 Å². The Kier molecular flexibility index (Phi) is 8.70. The lowest BCUT2D eigenvalue weighted by molar-refractivity contribution is -0.126. The minimum Gasteiger partial charge on any atom is -0.504 e. The molecule has 5 rings (SSSR count). The van der Waals surface area contributed by atoms with E-state index in [1.165, 1.54) is 16.7 Å². The zero-order chi connectivity index (χ0) is 32.9. The number of halogens is 5. The summed E-state index contributed by atoms with van der Waals surface area (Å²) >= 11 is 12.7. The number of phenolic OH excluding ortho intramolecular Hbond substituents is 1. The number of allylic oxidation sites excluding steroid dienone is 1. The third-order valence-corrected chi connectivity index (χ3v) is 8.71. The van der Waals surface area contributed by atoms with Crippen LogP contribution in [0.3, 0.4) is 0 Å². The first-order chi connectivity index (χ1) is 21.3. The smallest absolute Gasteiger partial charge is 0.272 e. The number of aromatic hydroxyl groups is 1. The summed E-state index contributed by atoms with van der Waals surface area (Å²) in [5.74, 6) is -7.68. The van der Waals surface area contributed by atoms with Crippen molar-refractivity contribution in [2.45, 2.75) is 26.8 Å². The van der Waals surface area contributed by atoms with Gasteiger partial charge in [-0.1, -0.05) is 56.6 Å². The Bertz CT molecular complexity index is 1900. The molecule has 1 fully saturated rings. The third-order valence-electron chi connectivity index (χ3n) is 8.07. The molecule has 4 heterocycles. The molecule has 0 radical (unpaired) electrons. The molecule has 1 aromatic carbocycles. The highest BCUT2D eigenvalue weighted by atomic mass is 35.5. The second kappa shape index (κ2) is 12.2. The van der Waals surface area contributed by atoms with Crippen LogP contribution in [0.4, 0.5) is 18.9 Å². The molecule has 2 atom stereocenters. The van der Waals surface area contributed by atoms with Crippen LogP contribution in [0.1, 0.15) is 32.4 Å². The average molecular weight is 659 g/mol. The predicted octanol–water partition coefficient (Wildman–Crippen LogP) is 6.00. The predicted molar refractivity (Wildman–Crippen MR) is 166 cm³/mol. The second-order valence-corrected chi connectivity index (χ2v) is 11.8. The summed E-state index contributed by atoms with van der Waals surface area (Å²) < 4.78 is 44.6. The van der Waals surface area contributed by atoms with Gasteiger partial charge in [-0.15, -0.1) is 0 Å². The lowest BCUT2D eigenvalue weighted by atomic mass is 9.88. The van der Waals surface area contributed by atoms with Gasteiger partial charge in [-0.25, -0.2) is 13.8 Å². The molecule has 14 heteroatoms. The van der Waals surface area contributed by atoms with E-state index in [9.17, 15) is 33.1 Å². The summed E-state index contributed by atoms with van der Waals surface area (Å²) in [6.07, 6.45) is 4.62. The molecule has 0 bridgehead atoms. The number of fused-ring (bicyclic) bond motifs is 1. The number of carbonyl (C=O) groups is 1. The molecule has 2 aromatic heterocycles. The number of anilines is 1. The maximum Gasteiger partial charge on any atom is 0.272 e. The quantitative estimate of drug-likeness (QED) is 0.204. The van der Waals surface area contributed by atoms with Crippen molar-refractivity contribution in [2.24, 2.45) is 16.8 Å². The molecule has 0 spiro atoms. The molecule has 1 N–H and O–H groups in total. The largest absolute Gasteiger partial charge is 0.504 e. The van der Waals surface area contributed by atoms with E-state index in [1.807, 2.05) is 26.8 Å². The zero-order valence-corrected chi connectivity index (χ0v) is 25.9. The number of pyridine rings is 2. The SMILES string of the molecule is C=CC(=O)N1CCN(c2c(C#N)c(=O)n(C3C(C(C)C)=NC=C[C@H]3C)c3nc(-c4c(O)c(F)c(F)c(F)c4Cl)c(Cl)cc23)CC1. The molecule has 2 aliphatic heterocycles. The summed E-state index contributed by atoms with van der Waals surface area (Å²) in [7, 11) is 0. The van der Waals surface area contributed by atoms with Crippen molar-refractivity contribution in [3.63, 3.8) is 0 Å². The second-order valence-electron chi connectivity index (χ2n) is 11.1. The van der Waals surface area contributed by atoms with E-state index in [1.54, 1.807) is 22.1 Å². The highest BCUT2D eigenvalue weighted by molar-refractivity contribution is 6.37. The van der Waals surface area contributed by atoms with Crippen LogP contribution in [0.2, 0.25) is 10.0 Å². The minimum atomic E-state index is -1.98. The van der Waals surface area contributed by atoms with Crippen molar-refractivity contribution < 1.29 is 23.1 Å². The number of phenols is 1. The van der Waals surface area contributed by atoms with Gasteiger partial charge in [-0.3, -0.25) is 19.1 Å². The highest BCUT2D eigenvalue weighted by Crippen LogP contribution is 2.45. The number of nitriles is 1. The number of rotatable bonds is 5. The summed E-state index contributed by atoms with van der Waals surface area (Å²) in [6, 6.07) is 2.66. The number of hydrogen-bond donors (Lipinski definition) is 1. The first-order valence-corrected chi connectivity index (χ1v) is 14.7. The Morgan fingerprint density at radius 2 is 1.84 bits per heavy atom. The number of piperazine rings is 1. The van der Waals surface area contributed by atoms with Crippen LogP contribution in [0.25, 0.3) is 22.3 Å². The van der Waals surface area contributed by atoms with Crippen LogP contribution >= 0.6 is 23.2 Å². The molecule has 1 unspecified atom stereocenters. The van der Waals surface area contributed by atoms with E-state index in [0.717, 1.165) is 0 Å². The molecule has 9 nitrogen and oxygen atoms in total. The lowest BCUT2D eigenvalue weighted by Crippen LogP contribution is -2.49. The minimum absolute atomic E-state index is 0.0425. The number of hydrogen-bond acceptors (Lipinski definition) is 7. The standard InChI is InChI=1S/C31H27Cl2F3N6O3/c1-5-19(43)40-8-10-41(11-9-40)28-16-12-18(32)26(20-21(33)22(34)23(35)24(36)29(20)44)39-30(16)42(31(45)17(28)13-37)27-15(4)6-7-38-25(27)14(2)3/h5-7,12,14-15,27,44H,1,8-11H2,2-4H3/t15-,27?/m1/s1. The summed E-state index contributed by atoms with van der Waals surface area (Å²) in [5, 5.41) is 19.9. The average Bonchev–Trinajstić information content (AvgIpc) is 3.02. The fourth-order valence-electron chi connectivity index (χ4n) is 5.84. The maximum atomic E-state index is 14.6. The molecule has 1 amide bonds. The van der Waals surface area contributed by atoms with Gasteiger partial charge in [0.1, 0.15) is 17.3 Å². The van der Waals surface area contributed by atoms with Crippen LogP contribution in [-0.4, -0.2) is 57.4 Å². The monoisotopic (exact) mass is 658 g/mol. The van der Waals surface area contributed by atoms with Crippen LogP contribution in [0.5, 0.6) is 5.75 Å². The van der Waals surface area contributed by atoms with E-state index in [0.29, 0.717) is 5.71 Å². The molecule has 234 valence electrons. The van der Waals surface area contributed by atoms with Crippen molar-refractivity contribution in [3.05, 3.63) is 74.4 Å². The van der Waals surface area contributed by atoms with Gasteiger partial charge in [0.25, 0.3) is 5.56 Å². The van der Waals surface area contributed by atoms with Crippen LogP contribution < -0.4 is 10.5 Å².